The van der Waals surface area contributed by atoms with Gasteiger partial charge in [-0.2, -0.15) is 0 Å². The molecule has 8 heteroatoms. The fraction of sp³-hybridized carbons (Fsp3) is 0.125. The van der Waals surface area contributed by atoms with E-state index >= 15 is 0 Å². The van der Waals surface area contributed by atoms with Gasteiger partial charge in [0.2, 0.25) is 0 Å². The van der Waals surface area contributed by atoms with Crippen molar-refractivity contribution in [2.45, 2.75) is 6.36 Å². The molecule has 1 rings (SSSR count). The number of nitrogens with one attached hydrogen (secondary N) is 1. The summed E-state index contributed by atoms with van der Waals surface area (Å²) in [5.74, 6) is -0.592. The minimum Gasteiger partial charge on any atom is -0.465 e. The zero-order valence-corrected chi connectivity index (χ0v) is 8.26. The minimum atomic E-state index is -4.84. The van der Waals surface area contributed by atoms with Gasteiger partial charge in [-0.1, -0.05) is 11.6 Å². The molecule has 4 nitrogen and oxygen atoms in total. The molecule has 16 heavy (non-hydrogen) atoms. The molecule has 1 aromatic carbocycles. The number of carbonyl (C=O) groups is 1. The number of benzene rings is 1. The molecule has 0 saturated heterocycles. The third-order valence-electron chi connectivity index (χ3n) is 1.41. The lowest BCUT2D eigenvalue weighted by molar-refractivity contribution is -0.274. The number of ether oxygens (including phenoxy) is 1. The molecule has 0 radical (unpaired) electrons. The first-order valence-corrected chi connectivity index (χ1v) is 4.21. The third-order valence-corrected chi connectivity index (χ3v) is 1.70. The van der Waals surface area contributed by atoms with Gasteiger partial charge in [-0.15, -0.1) is 13.2 Å². The summed E-state index contributed by atoms with van der Waals surface area (Å²) in [6, 6.07) is 3.03. The van der Waals surface area contributed by atoms with Crippen molar-refractivity contribution < 1.29 is 27.8 Å². The van der Waals surface area contributed by atoms with E-state index in [0.717, 1.165) is 18.2 Å². The highest BCUT2D eigenvalue weighted by Gasteiger charge is 2.32. The van der Waals surface area contributed by atoms with Gasteiger partial charge in [0.1, 0.15) is 5.75 Å². The predicted octanol–water partition coefficient (Wildman–Crippen LogP) is 3.33. The number of carboxylic acid groups (broad SMARTS) is 1. The maximum atomic E-state index is 11.8. The second-order valence-corrected chi connectivity index (χ2v) is 3.03. The van der Waals surface area contributed by atoms with E-state index in [1.54, 1.807) is 0 Å². The molecule has 0 aliphatic heterocycles. The highest BCUT2D eigenvalue weighted by atomic mass is 35.5. The van der Waals surface area contributed by atoms with Crippen LogP contribution in [0.4, 0.5) is 23.7 Å². The molecule has 0 heterocycles. The van der Waals surface area contributed by atoms with Gasteiger partial charge in [0, 0.05) is 5.69 Å². The van der Waals surface area contributed by atoms with Crippen molar-refractivity contribution in [1.29, 1.82) is 0 Å². The number of amides is 1. The van der Waals surface area contributed by atoms with E-state index in [9.17, 15) is 18.0 Å². The zero-order chi connectivity index (χ0) is 12.3. The lowest BCUT2D eigenvalue weighted by atomic mass is 10.3. The minimum absolute atomic E-state index is 0.0482. The Labute approximate surface area is 92.6 Å². The number of alkyl halides is 3. The Balaban J connectivity index is 2.87. The quantitative estimate of drug-likeness (QED) is 0.852. The second kappa shape index (κ2) is 4.48. The molecule has 0 fully saturated rings. The lowest BCUT2D eigenvalue weighted by Crippen LogP contribution is -2.17. The molecule has 0 aliphatic carbocycles. The average molecular weight is 256 g/mol. The first kappa shape index (κ1) is 12.4. The lowest BCUT2D eigenvalue weighted by Gasteiger charge is -2.11. The van der Waals surface area contributed by atoms with Crippen LogP contribution in [0.2, 0.25) is 5.02 Å². The van der Waals surface area contributed by atoms with Gasteiger partial charge >= 0.3 is 12.5 Å². The van der Waals surface area contributed by atoms with Crippen LogP contribution in [0.1, 0.15) is 0 Å². The van der Waals surface area contributed by atoms with Crippen LogP contribution >= 0.6 is 11.6 Å². The Morgan fingerprint density at radius 3 is 2.50 bits per heavy atom. The Morgan fingerprint density at radius 1 is 1.44 bits per heavy atom. The van der Waals surface area contributed by atoms with Crippen molar-refractivity contribution in [3.63, 3.8) is 0 Å². The summed E-state index contributed by atoms with van der Waals surface area (Å²) >= 11 is 5.46. The monoisotopic (exact) mass is 255 g/mol. The molecular formula is C8H5ClF3NO3. The fourth-order valence-corrected chi connectivity index (χ4v) is 1.13. The van der Waals surface area contributed by atoms with Gasteiger partial charge in [0.25, 0.3) is 0 Å². The van der Waals surface area contributed by atoms with Crippen LogP contribution in [0, 0.1) is 0 Å². The number of rotatable bonds is 2. The van der Waals surface area contributed by atoms with E-state index < -0.39 is 18.2 Å². The smallest absolute Gasteiger partial charge is 0.465 e. The molecule has 0 spiro atoms. The Kier molecular flexibility index (Phi) is 3.48. The SMILES string of the molecule is O=C(O)Nc1ccc(OC(F)(F)F)c(Cl)c1. The van der Waals surface area contributed by atoms with Gasteiger partial charge < -0.3 is 9.84 Å². The van der Waals surface area contributed by atoms with Crippen molar-refractivity contribution in [3.8, 4) is 5.75 Å². The maximum absolute atomic E-state index is 11.8. The van der Waals surface area contributed by atoms with E-state index in [2.05, 4.69) is 4.74 Å². The van der Waals surface area contributed by atoms with Crippen LogP contribution in [0.25, 0.3) is 0 Å². The fourth-order valence-electron chi connectivity index (χ4n) is 0.910. The highest BCUT2D eigenvalue weighted by Crippen LogP contribution is 2.31. The van der Waals surface area contributed by atoms with E-state index in [0.29, 0.717) is 0 Å². The topological polar surface area (TPSA) is 58.6 Å². The Morgan fingerprint density at radius 2 is 2.06 bits per heavy atom. The van der Waals surface area contributed by atoms with E-state index in [4.69, 9.17) is 16.7 Å². The molecule has 0 saturated carbocycles. The molecule has 88 valence electrons. The van der Waals surface area contributed by atoms with Crippen molar-refractivity contribution in [2.24, 2.45) is 0 Å². The van der Waals surface area contributed by atoms with Crippen molar-refractivity contribution in [1.82, 2.24) is 0 Å². The van der Waals surface area contributed by atoms with E-state index in [-0.39, 0.29) is 10.7 Å². The zero-order valence-electron chi connectivity index (χ0n) is 7.51. The first-order valence-electron chi connectivity index (χ1n) is 3.83. The third kappa shape index (κ3) is 3.85. The van der Waals surface area contributed by atoms with Crippen molar-refractivity contribution >= 4 is 23.4 Å². The summed E-state index contributed by atoms with van der Waals surface area (Å²) < 4.78 is 39.1. The maximum Gasteiger partial charge on any atom is 0.573 e. The molecule has 1 aromatic rings. The van der Waals surface area contributed by atoms with Crippen LogP contribution in [0.3, 0.4) is 0 Å². The standard InChI is InChI=1S/C8H5ClF3NO3/c9-5-3-4(13-7(14)15)1-2-6(5)16-8(10,11)12/h1-3,13H,(H,14,15). The van der Waals surface area contributed by atoms with Gasteiger partial charge in [-0.25, -0.2) is 4.79 Å². The molecule has 0 bridgehead atoms. The van der Waals surface area contributed by atoms with Gasteiger partial charge in [-0.05, 0) is 18.2 Å². The first-order chi connectivity index (χ1) is 7.28. The van der Waals surface area contributed by atoms with Crippen LogP contribution in [0.15, 0.2) is 18.2 Å². The number of anilines is 1. The predicted molar refractivity (Wildman–Crippen MR) is 49.8 cm³/mol. The second-order valence-electron chi connectivity index (χ2n) is 2.62. The summed E-state index contributed by atoms with van der Waals surface area (Å²) in [5.41, 5.74) is 0.0482. The number of hydrogen-bond donors (Lipinski definition) is 2. The molecule has 0 aliphatic rings. The summed E-state index contributed by atoms with van der Waals surface area (Å²) in [5, 5.41) is 9.94. The van der Waals surface area contributed by atoms with E-state index in [1.165, 1.54) is 0 Å². The van der Waals surface area contributed by atoms with E-state index in [1.807, 2.05) is 5.32 Å². The summed E-state index contributed by atoms with van der Waals surface area (Å²) in [4.78, 5) is 10.2. The van der Waals surface area contributed by atoms with Crippen molar-refractivity contribution in [3.05, 3.63) is 23.2 Å². The molecule has 1 amide bonds. The van der Waals surface area contributed by atoms with Crippen LogP contribution in [0.5, 0.6) is 5.75 Å². The average Bonchev–Trinajstić information content (AvgIpc) is 2.06. The Bertz CT molecular complexity index is 408. The molecule has 2 N–H and O–H groups in total. The number of hydrogen-bond acceptors (Lipinski definition) is 2. The normalized spacial score (nSPS) is 11.0. The molecule has 0 aromatic heterocycles. The van der Waals surface area contributed by atoms with Crippen LogP contribution < -0.4 is 10.1 Å². The number of halogens is 4. The molecule has 0 atom stereocenters. The summed E-state index contributed by atoms with van der Waals surface area (Å²) in [6.45, 7) is 0. The van der Waals surface area contributed by atoms with Gasteiger partial charge in [0.15, 0.2) is 0 Å². The Hall–Kier alpha value is -1.63. The van der Waals surface area contributed by atoms with Crippen LogP contribution in [-0.4, -0.2) is 17.6 Å². The van der Waals surface area contributed by atoms with Crippen LogP contribution in [-0.2, 0) is 0 Å². The highest BCUT2D eigenvalue weighted by molar-refractivity contribution is 6.32. The largest absolute Gasteiger partial charge is 0.573 e. The van der Waals surface area contributed by atoms with Gasteiger partial charge in [-0.3, -0.25) is 5.32 Å². The van der Waals surface area contributed by atoms with Crippen molar-refractivity contribution in [2.75, 3.05) is 5.32 Å². The summed E-state index contributed by atoms with van der Waals surface area (Å²) in [6.07, 6.45) is -6.19. The molecule has 0 unspecified atom stereocenters. The van der Waals surface area contributed by atoms with Gasteiger partial charge in [0.05, 0.1) is 5.02 Å². The summed E-state index contributed by atoms with van der Waals surface area (Å²) in [7, 11) is 0. The molecular weight excluding hydrogens is 251 g/mol.